The van der Waals surface area contributed by atoms with Crippen LogP contribution in [0.4, 0.5) is 5.69 Å². The molecule has 0 unspecified atom stereocenters. The van der Waals surface area contributed by atoms with Crippen molar-refractivity contribution in [3.63, 3.8) is 0 Å². The summed E-state index contributed by atoms with van der Waals surface area (Å²) in [5.74, 6) is -1.68. The van der Waals surface area contributed by atoms with Gasteiger partial charge in [-0.25, -0.2) is 4.79 Å². The molecule has 0 aliphatic rings. The van der Waals surface area contributed by atoms with E-state index in [1.165, 1.54) is 6.92 Å². The first-order valence-electron chi connectivity index (χ1n) is 4.21. The van der Waals surface area contributed by atoms with E-state index in [1.807, 2.05) is 6.07 Å². The lowest BCUT2D eigenvalue weighted by Gasteiger charge is -1.95. The molecule has 0 aromatic heterocycles. The van der Waals surface area contributed by atoms with E-state index >= 15 is 0 Å². The van der Waals surface area contributed by atoms with Crippen LogP contribution in [0.2, 0.25) is 0 Å². The lowest BCUT2D eigenvalue weighted by molar-refractivity contribution is -0.132. The molecule has 0 heterocycles. The van der Waals surface area contributed by atoms with Gasteiger partial charge in [-0.05, 0) is 19.1 Å². The molecule has 0 bridgehead atoms. The molecule has 0 aliphatic heterocycles. The van der Waals surface area contributed by atoms with Gasteiger partial charge in [0.15, 0.2) is 0 Å². The third kappa shape index (κ3) is 3.22. The lowest BCUT2D eigenvalue weighted by atomic mass is 10.3. The second kappa shape index (κ2) is 4.90. The van der Waals surface area contributed by atoms with Crippen LogP contribution in [0.15, 0.2) is 52.0 Å². The van der Waals surface area contributed by atoms with Gasteiger partial charge in [-0.2, -0.15) is 5.11 Å². The Kier molecular flexibility index (Phi) is 3.56. The molecule has 0 radical (unpaired) electrons. The maximum absolute atomic E-state index is 10.6. The Morgan fingerprint density at radius 1 is 1.20 bits per heavy atom. The number of carbonyl (C=O) groups is 1. The first-order chi connectivity index (χ1) is 7.11. The van der Waals surface area contributed by atoms with Crippen molar-refractivity contribution in [1.29, 1.82) is 0 Å². The van der Waals surface area contributed by atoms with E-state index in [1.54, 1.807) is 24.3 Å². The quantitative estimate of drug-likeness (QED) is 0.453. The van der Waals surface area contributed by atoms with Crippen LogP contribution >= 0.6 is 0 Å². The predicted octanol–water partition coefficient (Wildman–Crippen LogP) is 2.64. The fraction of sp³-hybridized carbons (Fsp3) is 0.100. The van der Waals surface area contributed by atoms with Crippen LogP contribution in [0.3, 0.4) is 0 Å². The first-order valence-corrected chi connectivity index (χ1v) is 4.21. The molecule has 15 heavy (non-hydrogen) atoms. The van der Waals surface area contributed by atoms with Gasteiger partial charge in [0.1, 0.15) is 5.76 Å². The monoisotopic (exact) mass is 206 g/mol. The molecule has 0 atom stereocenters. The van der Waals surface area contributed by atoms with Gasteiger partial charge in [-0.3, -0.25) is 0 Å². The number of benzene rings is 1. The predicted molar refractivity (Wildman–Crippen MR) is 53.9 cm³/mol. The molecular weight excluding hydrogens is 196 g/mol. The Labute approximate surface area is 86.4 Å². The summed E-state index contributed by atoms with van der Waals surface area (Å²) in [6.45, 7) is 1.24. The average molecular weight is 206 g/mol. The maximum Gasteiger partial charge on any atom is 0.359 e. The number of aliphatic carboxylic acids is 1. The zero-order valence-electron chi connectivity index (χ0n) is 8.08. The molecule has 78 valence electrons. The summed E-state index contributed by atoms with van der Waals surface area (Å²) in [5.41, 5.74) is 0.0661. The number of hydrogen-bond donors (Lipinski definition) is 2. The summed E-state index contributed by atoms with van der Waals surface area (Å²) in [4.78, 5) is 10.6. The molecule has 0 aliphatic carbocycles. The van der Waals surface area contributed by atoms with Crippen LogP contribution in [-0.4, -0.2) is 16.2 Å². The van der Waals surface area contributed by atoms with Crippen LogP contribution in [0.25, 0.3) is 0 Å². The largest absolute Gasteiger partial charge is 0.510 e. The van der Waals surface area contributed by atoms with Gasteiger partial charge in [0, 0.05) is 0 Å². The SMILES string of the molecule is C/C(O)=C(/N=Nc1ccccc1)C(=O)O. The van der Waals surface area contributed by atoms with Crippen LogP contribution in [0.1, 0.15) is 6.92 Å². The van der Waals surface area contributed by atoms with Gasteiger partial charge >= 0.3 is 5.97 Å². The highest BCUT2D eigenvalue weighted by atomic mass is 16.4. The third-order valence-corrected chi connectivity index (χ3v) is 1.57. The Morgan fingerprint density at radius 3 is 2.27 bits per heavy atom. The van der Waals surface area contributed by atoms with Crippen molar-refractivity contribution in [3.8, 4) is 0 Å². The number of azo groups is 1. The molecule has 0 amide bonds. The average Bonchev–Trinajstić information content (AvgIpc) is 2.18. The van der Waals surface area contributed by atoms with Gasteiger partial charge < -0.3 is 10.2 Å². The van der Waals surface area contributed by atoms with Crippen molar-refractivity contribution in [2.45, 2.75) is 6.92 Å². The molecular formula is C10H10N2O3. The van der Waals surface area contributed by atoms with Crippen molar-refractivity contribution in [3.05, 3.63) is 41.8 Å². The number of aliphatic hydroxyl groups excluding tert-OH is 1. The molecule has 1 aromatic rings. The summed E-state index contributed by atoms with van der Waals surface area (Å²) in [5, 5.41) is 24.8. The molecule has 0 saturated carbocycles. The molecule has 5 nitrogen and oxygen atoms in total. The van der Waals surface area contributed by atoms with E-state index in [-0.39, 0.29) is 5.76 Å². The Morgan fingerprint density at radius 2 is 1.80 bits per heavy atom. The molecule has 0 saturated heterocycles. The second-order valence-electron chi connectivity index (χ2n) is 2.77. The Balaban J connectivity index is 2.90. The van der Waals surface area contributed by atoms with E-state index in [2.05, 4.69) is 10.2 Å². The van der Waals surface area contributed by atoms with Crippen LogP contribution in [0, 0.1) is 0 Å². The van der Waals surface area contributed by atoms with Crippen LogP contribution in [-0.2, 0) is 4.79 Å². The summed E-state index contributed by atoms with van der Waals surface area (Å²) < 4.78 is 0. The van der Waals surface area contributed by atoms with Gasteiger partial charge in [-0.1, -0.05) is 18.2 Å². The number of aliphatic hydroxyl groups is 1. The number of hydrogen-bond acceptors (Lipinski definition) is 4. The van der Waals surface area contributed by atoms with E-state index in [4.69, 9.17) is 10.2 Å². The highest BCUT2D eigenvalue weighted by Crippen LogP contribution is 2.13. The normalized spacial score (nSPS) is 12.6. The van der Waals surface area contributed by atoms with Crippen molar-refractivity contribution in [2.75, 3.05) is 0 Å². The maximum atomic E-state index is 10.6. The number of carboxylic acids is 1. The minimum absolute atomic E-state index is 0.373. The molecule has 1 aromatic carbocycles. The molecule has 0 spiro atoms. The van der Waals surface area contributed by atoms with Gasteiger partial charge in [0.2, 0.25) is 5.70 Å². The smallest absolute Gasteiger partial charge is 0.359 e. The number of allylic oxidation sites excluding steroid dienone is 1. The molecule has 5 heteroatoms. The van der Waals surface area contributed by atoms with Crippen LogP contribution < -0.4 is 0 Å². The Hall–Kier alpha value is -2.17. The van der Waals surface area contributed by atoms with Crippen molar-refractivity contribution in [2.24, 2.45) is 10.2 Å². The lowest BCUT2D eigenvalue weighted by Crippen LogP contribution is -2.00. The standard InChI is InChI=1S/C10H10N2O3/c1-7(13)9(10(14)15)12-11-8-5-3-2-4-6-8/h2-6,13H,1H3,(H,14,15)/b9-7-,12-11?. The van der Waals surface area contributed by atoms with Crippen molar-refractivity contribution < 1.29 is 15.0 Å². The third-order valence-electron chi connectivity index (χ3n) is 1.57. The highest BCUT2D eigenvalue weighted by molar-refractivity contribution is 5.86. The molecule has 2 N–H and O–H groups in total. The number of nitrogens with zero attached hydrogens (tertiary/aromatic N) is 2. The minimum Gasteiger partial charge on any atom is -0.510 e. The van der Waals surface area contributed by atoms with Gasteiger partial charge in [0.25, 0.3) is 0 Å². The molecule has 0 fully saturated rings. The highest BCUT2D eigenvalue weighted by Gasteiger charge is 2.09. The fourth-order valence-electron chi connectivity index (χ4n) is 0.872. The second-order valence-corrected chi connectivity index (χ2v) is 2.77. The topological polar surface area (TPSA) is 82.2 Å². The molecule has 1 rings (SSSR count). The number of carboxylic acid groups (broad SMARTS) is 1. The summed E-state index contributed by atoms with van der Waals surface area (Å²) in [7, 11) is 0. The number of rotatable bonds is 3. The summed E-state index contributed by atoms with van der Waals surface area (Å²) in [6.07, 6.45) is 0. The van der Waals surface area contributed by atoms with Crippen LogP contribution in [0.5, 0.6) is 0 Å². The fourth-order valence-corrected chi connectivity index (χ4v) is 0.872. The zero-order valence-corrected chi connectivity index (χ0v) is 8.08. The van der Waals surface area contributed by atoms with E-state index in [0.717, 1.165) is 0 Å². The zero-order chi connectivity index (χ0) is 11.3. The Bertz CT molecular complexity index is 406. The summed E-state index contributed by atoms with van der Waals surface area (Å²) >= 11 is 0. The first kappa shape index (κ1) is 10.9. The van der Waals surface area contributed by atoms with E-state index in [9.17, 15) is 4.79 Å². The van der Waals surface area contributed by atoms with Gasteiger partial charge in [-0.15, -0.1) is 5.11 Å². The van der Waals surface area contributed by atoms with Gasteiger partial charge in [0.05, 0.1) is 5.69 Å². The van der Waals surface area contributed by atoms with E-state index in [0.29, 0.717) is 5.69 Å². The van der Waals surface area contributed by atoms with E-state index < -0.39 is 11.7 Å². The van der Waals surface area contributed by atoms with Crippen molar-refractivity contribution >= 4 is 11.7 Å². The summed E-state index contributed by atoms with van der Waals surface area (Å²) in [6, 6.07) is 8.67. The van der Waals surface area contributed by atoms with Crippen molar-refractivity contribution in [1.82, 2.24) is 0 Å². The minimum atomic E-state index is -1.31.